The minimum absolute atomic E-state index is 0.213. The standard InChI is InChI=1S/C64H71NO15S/c1-5-56(66)74-36-14-9-7-8-12-34-72-47-24-28-49(29-25-47)77-62(69)44-18-22-46(23-19-44)64(71)80-53-33-32-52(58-59(53)81-60(65-58)55-40-51-42(4)38-41(3)39-54(51)78-55)79-63(70)45-20-16-43(17-21-45)61(68)76-50-30-26-48(27-31-50)73-35-13-10-11-15-37-75-57(67)6-2/h5-6,24-33,38-40,43-46H,1-2,7-23,34-37H2,3-4H3. The van der Waals surface area contributed by atoms with Crippen LogP contribution in [0.2, 0.25) is 0 Å². The van der Waals surface area contributed by atoms with Crippen LogP contribution in [0.25, 0.3) is 32.0 Å². The molecule has 0 aliphatic heterocycles. The van der Waals surface area contributed by atoms with Crippen LogP contribution in [0.5, 0.6) is 34.5 Å². The summed E-state index contributed by atoms with van der Waals surface area (Å²) in [5.74, 6) is -0.900. The molecule has 6 aromatic rings. The average molecular weight is 1130 g/mol. The van der Waals surface area contributed by atoms with Gasteiger partial charge in [-0.25, -0.2) is 14.6 Å². The second kappa shape index (κ2) is 29.6. The van der Waals surface area contributed by atoms with E-state index in [2.05, 4.69) is 19.2 Å². The zero-order chi connectivity index (χ0) is 57.1. The molecule has 0 unspecified atom stereocenters. The number of fused-ring (bicyclic) bond motifs is 2. The van der Waals surface area contributed by atoms with Gasteiger partial charge in [-0.3, -0.25) is 19.2 Å². The lowest BCUT2D eigenvalue weighted by Crippen LogP contribution is -2.30. The minimum atomic E-state index is -0.465. The van der Waals surface area contributed by atoms with Gasteiger partial charge in [-0.15, -0.1) is 11.3 Å². The molecular formula is C64H71NO15S. The summed E-state index contributed by atoms with van der Waals surface area (Å²) in [5, 5.41) is 1.46. The molecule has 0 N–H and O–H groups in total. The number of ether oxygens (including phenoxy) is 8. The SMILES string of the molecule is C=CC(=O)OCCCCCCCOc1ccc(OC(=O)C2CCC(C(=O)Oc3ccc(OC(=O)C4CCC(C(=O)Oc5ccc(OCCCCCCOC(=O)C=C)cc5)CC4)c4nc(-c5cc6c(C)cc(C)cc6o5)sc34)CC2)cc1. The van der Waals surface area contributed by atoms with Crippen LogP contribution in [0.4, 0.5) is 0 Å². The number of thiazole rings is 1. The number of hydrogen-bond acceptors (Lipinski definition) is 17. The smallest absolute Gasteiger partial charge is 0.330 e. The van der Waals surface area contributed by atoms with E-state index in [1.165, 1.54) is 11.3 Å². The van der Waals surface area contributed by atoms with Crippen LogP contribution in [-0.2, 0) is 38.2 Å². The van der Waals surface area contributed by atoms with Crippen molar-refractivity contribution in [1.82, 2.24) is 4.98 Å². The Balaban J connectivity index is 0.814. The van der Waals surface area contributed by atoms with E-state index >= 15 is 0 Å². The summed E-state index contributed by atoms with van der Waals surface area (Å²) in [6.45, 7) is 12.7. The summed E-state index contributed by atoms with van der Waals surface area (Å²) in [4.78, 5) is 81.5. The number of rotatable bonds is 28. The maximum Gasteiger partial charge on any atom is 0.330 e. The molecule has 0 atom stereocenters. The fourth-order valence-corrected chi connectivity index (χ4v) is 11.1. The van der Waals surface area contributed by atoms with Gasteiger partial charge in [0.25, 0.3) is 0 Å². The Kier molecular flexibility index (Phi) is 21.7. The number of furan rings is 1. The van der Waals surface area contributed by atoms with Crippen molar-refractivity contribution < 1.29 is 71.1 Å². The van der Waals surface area contributed by atoms with Crippen molar-refractivity contribution in [2.45, 2.75) is 123 Å². The van der Waals surface area contributed by atoms with E-state index in [0.717, 1.165) is 86.5 Å². The van der Waals surface area contributed by atoms with Crippen LogP contribution >= 0.6 is 11.3 Å². The highest BCUT2D eigenvalue weighted by Gasteiger charge is 2.35. The molecule has 2 aromatic heterocycles. The van der Waals surface area contributed by atoms with Gasteiger partial charge in [0.2, 0.25) is 0 Å². The van der Waals surface area contributed by atoms with Gasteiger partial charge in [0.1, 0.15) is 38.8 Å². The highest BCUT2D eigenvalue weighted by Crippen LogP contribution is 2.44. The maximum atomic E-state index is 13.9. The van der Waals surface area contributed by atoms with Crippen molar-refractivity contribution in [3.05, 3.63) is 115 Å². The maximum absolute atomic E-state index is 13.9. The van der Waals surface area contributed by atoms with E-state index < -0.39 is 35.7 Å². The second-order valence-corrected chi connectivity index (χ2v) is 21.7. The highest BCUT2D eigenvalue weighted by molar-refractivity contribution is 7.22. The Bertz CT molecular complexity index is 3140. The summed E-state index contributed by atoms with van der Waals surface area (Å²) in [7, 11) is 0. The molecule has 4 aromatic carbocycles. The lowest BCUT2D eigenvalue weighted by molar-refractivity contribution is -0.145. The molecule has 2 fully saturated rings. The third-order valence-electron chi connectivity index (χ3n) is 14.6. The van der Waals surface area contributed by atoms with E-state index in [4.69, 9.17) is 47.3 Å². The van der Waals surface area contributed by atoms with Gasteiger partial charge in [-0.2, -0.15) is 0 Å². The van der Waals surface area contributed by atoms with Gasteiger partial charge in [0.05, 0.1) is 50.1 Å². The second-order valence-electron chi connectivity index (χ2n) is 20.7. The molecule has 16 nitrogen and oxygen atoms in total. The third kappa shape index (κ3) is 17.1. The Morgan fingerprint density at radius 3 is 1.40 bits per heavy atom. The fraction of sp³-hybridized carbons (Fsp3) is 0.422. The summed E-state index contributed by atoms with van der Waals surface area (Å²) in [5.41, 5.74) is 3.17. The van der Waals surface area contributed by atoms with E-state index in [1.54, 1.807) is 60.7 Å². The normalized spacial score (nSPS) is 16.9. The van der Waals surface area contributed by atoms with Crippen molar-refractivity contribution in [2.24, 2.45) is 23.7 Å². The van der Waals surface area contributed by atoms with Gasteiger partial charge in [0, 0.05) is 17.5 Å². The number of carbonyl (C=O) groups excluding carboxylic acids is 6. The predicted octanol–water partition coefficient (Wildman–Crippen LogP) is 13.7. The van der Waals surface area contributed by atoms with E-state index in [0.29, 0.717) is 127 Å². The average Bonchev–Trinajstić information content (AvgIpc) is 4.14. The topological polar surface area (TPSA) is 202 Å². The lowest BCUT2D eigenvalue weighted by Gasteiger charge is -2.26. The van der Waals surface area contributed by atoms with E-state index in [1.807, 2.05) is 26.0 Å². The van der Waals surface area contributed by atoms with Crippen molar-refractivity contribution >= 4 is 68.3 Å². The lowest BCUT2D eigenvalue weighted by atomic mass is 9.82. The predicted molar refractivity (Wildman–Crippen MR) is 305 cm³/mol. The number of aromatic nitrogens is 1. The Morgan fingerprint density at radius 2 is 0.926 bits per heavy atom. The summed E-state index contributed by atoms with van der Waals surface area (Å²) in [6.07, 6.45) is 14.0. The molecule has 81 heavy (non-hydrogen) atoms. The molecule has 2 aliphatic carbocycles. The first-order valence-corrected chi connectivity index (χ1v) is 29.0. The number of unbranched alkanes of at least 4 members (excludes halogenated alkanes) is 7. The number of esters is 6. The molecule has 0 bridgehead atoms. The number of nitrogens with zero attached hydrogens (tertiary/aromatic N) is 1. The number of aryl methyl sites for hydroxylation is 2. The number of benzene rings is 4. The summed E-state index contributed by atoms with van der Waals surface area (Å²) >= 11 is 1.27. The molecule has 17 heteroatoms. The Morgan fingerprint density at radius 1 is 0.519 bits per heavy atom. The van der Waals surface area contributed by atoms with Gasteiger partial charge < -0.3 is 42.3 Å². The van der Waals surface area contributed by atoms with Crippen molar-refractivity contribution in [3.63, 3.8) is 0 Å². The Hall–Kier alpha value is -7.79. The van der Waals surface area contributed by atoms with E-state index in [9.17, 15) is 28.8 Å². The fourth-order valence-electron chi connectivity index (χ4n) is 10.1. The van der Waals surface area contributed by atoms with Gasteiger partial charge >= 0.3 is 35.8 Å². The first-order chi connectivity index (χ1) is 39.3. The molecule has 2 heterocycles. The van der Waals surface area contributed by atoms with E-state index in [-0.39, 0.29) is 35.3 Å². The van der Waals surface area contributed by atoms with Crippen LogP contribution < -0.4 is 28.4 Å². The van der Waals surface area contributed by atoms with Crippen molar-refractivity contribution in [1.29, 1.82) is 0 Å². The quantitative estimate of drug-likeness (QED) is 0.0194. The molecule has 8 rings (SSSR count). The van der Waals surface area contributed by atoms with Crippen LogP contribution in [-0.4, -0.2) is 67.2 Å². The number of carbonyl (C=O) groups is 6. The molecule has 0 amide bonds. The molecule has 0 radical (unpaired) electrons. The third-order valence-corrected chi connectivity index (χ3v) is 15.7. The first kappa shape index (κ1) is 59.3. The minimum Gasteiger partial charge on any atom is -0.494 e. The van der Waals surface area contributed by atoms with Crippen LogP contribution in [0, 0.1) is 37.5 Å². The first-order valence-electron chi connectivity index (χ1n) is 28.2. The van der Waals surface area contributed by atoms with Crippen molar-refractivity contribution in [3.8, 4) is 45.3 Å². The van der Waals surface area contributed by atoms with Gasteiger partial charge in [-0.1, -0.05) is 38.5 Å². The summed E-state index contributed by atoms with van der Waals surface area (Å²) in [6, 6.07) is 23.1. The Labute approximate surface area is 476 Å². The molecule has 2 aliphatic rings. The zero-order valence-corrected chi connectivity index (χ0v) is 47.0. The monoisotopic (exact) mass is 1130 g/mol. The largest absolute Gasteiger partial charge is 0.494 e. The van der Waals surface area contributed by atoms with Crippen LogP contribution in [0.15, 0.2) is 109 Å². The molecule has 2 saturated carbocycles. The van der Waals surface area contributed by atoms with Gasteiger partial charge in [0.15, 0.2) is 22.3 Å². The van der Waals surface area contributed by atoms with Crippen LogP contribution in [0.1, 0.15) is 120 Å². The van der Waals surface area contributed by atoms with Gasteiger partial charge in [-0.05, 0) is 188 Å². The summed E-state index contributed by atoms with van der Waals surface area (Å²) < 4.78 is 52.3. The molecular weight excluding hydrogens is 1050 g/mol. The molecule has 428 valence electrons. The highest BCUT2D eigenvalue weighted by atomic mass is 32.1. The molecule has 0 spiro atoms. The zero-order valence-electron chi connectivity index (χ0n) is 46.2. The van der Waals surface area contributed by atoms with Crippen LogP contribution in [0.3, 0.4) is 0 Å². The van der Waals surface area contributed by atoms with Crippen molar-refractivity contribution in [2.75, 3.05) is 26.4 Å². The molecule has 0 saturated heterocycles. The number of hydrogen-bond donors (Lipinski definition) is 0.